The highest BCUT2D eigenvalue weighted by Gasteiger charge is 2.13. The number of benzene rings is 2. The Labute approximate surface area is 146 Å². The van der Waals surface area contributed by atoms with Crippen LogP contribution in [0.3, 0.4) is 0 Å². The van der Waals surface area contributed by atoms with Gasteiger partial charge < -0.3 is 8.83 Å². The molecule has 2 heterocycles. The number of para-hydroxylation sites is 2. The third-order valence-electron chi connectivity index (χ3n) is 3.29. The lowest BCUT2D eigenvalue weighted by Crippen LogP contribution is -2.14. The number of fused-ring (bicyclic) bond motifs is 1. The molecule has 0 unspecified atom stereocenters. The Balaban J connectivity index is 1.37. The highest BCUT2D eigenvalue weighted by molar-refractivity contribution is 7.99. The van der Waals surface area contributed by atoms with Gasteiger partial charge in [-0.1, -0.05) is 47.2 Å². The standard InChI is InChI=1S/C17H12N4O3S/c22-14(10-25-17-18-12-8-4-5-9-13(12)23-17)19-16-21-20-15(24-16)11-6-2-1-3-7-11/h1-9H,10H2,(H,19,21,22). The molecule has 4 aromatic rings. The van der Waals surface area contributed by atoms with Crippen molar-refractivity contribution < 1.29 is 13.6 Å². The van der Waals surface area contributed by atoms with Gasteiger partial charge in [0.05, 0.1) is 5.75 Å². The lowest BCUT2D eigenvalue weighted by molar-refractivity contribution is -0.113. The van der Waals surface area contributed by atoms with E-state index in [2.05, 4.69) is 20.5 Å². The van der Waals surface area contributed by atoms with E-state index >= 15 is 0 Å². The summed E-state index contributed by atoms with van der Waals surface area (Å²) in [6, 6.07) is 16.8. The Kier molecular flexibility index (Phi) is 4.17. The fourth-order valence-electron chi connectivity index (χ4n) is 2.17. The molecule has 2 aromatic heterocycles. The second-order valence-corrected chi connectivity index (χ2v) is 5.99. The highest BCUT2D eigenvalue weighted by atomic mass is 32.2. The average molecular weight is 352 g/mol. The first-order chi connectivity index (χ1) is 12.3. The molecule has 2 aromatic carbocycles. The number of rotatable bonds is 5. The van der Waals surface area contributed by atoms with Crippen LogP contribution in [0.1, 0.15) is 0 Å². The first kappa shape index (κ1) is 15.4. The van der Waals surface area contributed by atoms with Crippen LogP contribution in [0, 0.1) is 0 Å². The minimum Gasteiger partial charge on any atom is -0.431 e. The number of oxazole rings is 1. The molecule has 8 heteroatoms. The largest absolute Gasteiger partial charge is 0.431 e. The van der Waals surface area contributed by atoms with Gasteiger partial charge in [-0.05, 0) is 24.3 Å². The zero-order valence-corrected chi connectivity index (χ0v) is 13.7. The number of hydrogen-bond donors (Lipinski definition) is 1. The number of amides is 1. The van der Waals surface area contributed by atoms with Crippen molar-refractivity contribution in [2.45, 2.75) is 5.22 Å². The topological polar surface area (TPSA) is 94.1 Å². The maximum absolute atomic E-state index is 12.0. The molecule has 0 radical (unpaired) electrons. The quantitative estimate of drug-likeness (QED) is 0.548. The van der Waals surface area contributed by atoms with Gasteiger partial charge in [0.1, 0.15) is 5.52 Å². The van der Waals surface area contributed by atoms with Crippen molar-refractivity contribution in [3.8, 4) is 11.5 Å². The van der Waals surface area contributed by atoms with Crippen LogP contribution in [0.5, 0.6) is 0 Å². The van der Waals surface area contributed by atoms with Crippen molar-refractivity contribution in [2.24, 2.45) is 0 Å². The molecular weight excluding hydrogens is 340 g/mol. The molecule has 0 aliphatic carbocycles. The molecule has 0 saturated heterocycles. The fraction of sp³-hybridized carbons (Fsp3) is 0.0588. The van der Waals surface area contributed by atoms with Crippen LogP contribution in [0.4, 0.5) is 6.01 Å². The van der Waals surface area contributed by atoms with Crippen LogP contribution < -0.4 is 5.32 Å². The summed E-state index contributed by atoms with van der Waals surface area (Å²) in [5.74, 6) is 0.189. The maximum Gasteiger partial charge on any atom is 0.322 e. The summed E-state index contributed by atoms with van der Waals surface area (Å²) in [7, 11) is 0. The molecule has 1 amide bonds. The zero-order chi connectivity index (χ0) is 17.1. The zero-order valence-electron chi connectivity index (χ0n) is 12.9. The number of nitrogens with zero attached hydrogens (tertiary/aromatic N) is 3. The number of anilines is 1. The molecule has 0 spiro atoms. The molecule has 1 N–H and O–H groups in total. The number of hydrogen-bond acceptors (Lipinski definition) is 7. The first-order valence-electron chi connectivity index (χ1n) is 7.45. The number of carbonyl (C=O) groups excluding carboxylic acids is 1. The summed E-state index contributed by atoms with van der Waals surface area (Å²) in [6.07, 6.45) is 0. The lowest BCUT2D eigenvalue weighted by Gasteiger charge is -1.98. The Hall–Kier alpha value is -3.13. The molecule has 25 heavy (non-hydrogen) atoms. The van der Waals surface area contributed by atoms with Gasteiger partial charge in [0.15, 0.2) is 5.58 Å². The van der Waals surface area contributed by atoms with Crippen LogP contribution in [0.15, 0.2) is 68.7 Å². The molecule has 0 aliphatic heterocycles. The van der Waals surface area contributed by atoms with Crippen molar-refractivity contribution in [3.63, 3.8) is 0 Å². The fourth-order valence-corrected chi connectivity index (χ4v) is 2.80. The normalized spacial score (nSPS) is 10.9. The molecule has 0 aliphatic rings. The second kappa shape index (κ2) is 6.78. The van der Waals surface area contributed by atoms with Gasteiger partial charge in [-0.3, -0.25) is 10.1 Å². The third kappa shape index (κ3) is 3.53. The summed E-state index contributed by atoms with van der Waals surface area (Å²) >= 11 is 1.20. The Morgan fingerprint density at radius 3 is 2.64 bits per heavy atom. The van der Waals surface area contributed by atoms with Gasteiger partial charge in [0.2, 0.25) is 11.8 Å². The number of aromatic nitrogens is 3. The summed E-state index contributed by atoms with van der Waals surface area (Å²) < 4.78 is 11.0. The van der Waals surface area contributed by atoms with E-state index in [0.717, 1.165) is 11.1 Å². The van der Waals surface area contributed by atoms with E-state index in [0.29, 0.717) is 16.7 Å². The molecule has 0 atom stereocenters. The van der Waals surface area contributed by atoms with E-state index in [4.69, 9.17) is 8.83 Å². The van der Waals surface area contributed by atoms with Crippen molar-refractivity contribution in [1.82, 2.24) is 15.2 Å². The molecule has 124 valence electrons. The van der Waals surface area contributed by atoms with Crippen LogP contribution in [-0.2, 0) is 4.79 Å². The summed E-state index contributed by atoms with van der Waals surface area (Å²) in [6.45, 7) is 0. The van der Waals surface area contributed by atoms with Crippen molar-refractivity contribution in [3.05, 3.63) is 54.6 Å². The second-order valence-electron chi connectivity index (χ2n) is 5.06. The Morgan fingerprint density at radius 2 is 1.80 bits per heavy atom. The third-order valence-corrected chi connectivity index (χ3v) is 4.12. The lowest BCUT2D eigenvalue weighted by atomic mass is 10.2. The Bertz CT molecular complexity index is 980. The van der Waals surface area contributed by atoms with E-state index in [1.165, 1.54) is 11.8 Å². The monoisotopic (exact) mass is 352 g/mol. The predicted molar refractivity (Wildman–Crippen MR) is 93.1 cm³/mol. The summed E-state index contributed by atoms with van der Waals surface area (Å²) in [5.41, 5.74) is 2.24. The van der Waals surface area contributed by atoms with Gasteiger partial charge in [-0.2, -0.15) is 0 Å². The number of carbonyl (C=O) groups is 1. The van der Waals surface area contributed by atoms with E-state index in [-0.39, 0.29) is 17.7 Å². The SMILES string of the molecule is O=C(CSc1nc2ccccc2o1)Nc1nnc(-c2ccccc2)o1. The van der Waals surface area contributed by atoms with Crippen LogP contribution >= 0.6 is 11.8 Å². The predicted octanol–water partition coefficient (Wildman–Crippen LogP) is 3.61. The van der Waals surface area contributed by atoms with Crippen molar-refractivity contribution in [1.29, 1.82) is 0 Å². The minimum absolute atomic E-state index is 0.0574. The van der Waals surface area contributed by atoms with Crippen molar-refractivity contribution >= 4 is 34.8 Å². The van der Waals surface area contributed by atoms with Crippen molar-refractivity contribution in [2.75, 3.05) is 11.1 Å². The highest BCUT2D eigenvalue weighted by Crippen LogP contribution is 2.23. The molecule has 0 saturated carbocycles. The van der Waals surface area contributed by atoms with E-state index in [1.807, 2.05) is 54.6 Å². The van der Waals surface area contributed by atoms with E-state index in [1.54, 1.807) is 0 Å². The molecule has 0 fully saturated rings. The molecule has 7 nitrogen and oxygen atoms in total. The molecular formula is C17H12N4O3S. The van der Waals surface area contributed by atoms with Gasteiger partial charge in [0, 0.05) is 5.56 Å². The molecule has 4 rings (SSSR count). The van der Waals surface area contributed by atoms with Gasteiger partial charge >= 0.3 is 6.01 Å². The van der Waals surface area contributed by atoms with E-state index in [9.17, 15) is 4.79 Å². The average Bonchev–Trinajstić information content (AvgIpc) is 3.27. The van der Waals surface area contributed by atoms with Crippen LogP contribution in [0.25, 0.3) is 22.6 Å². The van der Waals surface area contributed by atoms with Crippen LogP contribution in [0.2, 0.25) is 0 Å². The van der Waals surface area contributed by atoms with Gasteiger partial charge in [0.25, 0.3) is 5.22 Å². The van der Waals surface area contributed by atoms with Gasteiger partial charge in [-0.25, -0.2) is 4.98 Å². The first-order valence-corrected chi connectivity index (χ1v) is 8.44. The minimum atomic E-state index is -0.282. The van der Waals surface area contributed by atoms with E-state index < -0.39 is 0 Å². The number of thioether (sulfide) groups is 1. The number of nitrogens with one attached hydrogen (secondary N) is 1. The molecule has 0 bridgehead atoms. The summed E-state index contributed by atoms with van der Waals surface area (Å²) in [4.78, 5) is 16.3. The van der Waals surface area contributed by atoms with Gasteiger partial charge in [-0.15, -0.1) is 5.10 Å². The Morgan fingerprint density at radius 1 is 1.00 bits per heavy atom. The summed E-state index contributed by atoms with van der Waals surface area (Å²) in [5, 5.41) is 10.7. The smallest absolute Gasteiger partial charge is 0.322 e. The maximum atomic E-state index is 12.0. The van der Waals surface area contributed by atoms with Crippen LogP contribution in [-0.4, -0.2) is 26.8 Å².